The van der Waals surface area contributed by atoms with Crippen LogP contribution in [0.25, 0.3) is 33.4 Å². The van der Waals surface area contributed by atoms with Gasteiger partial charge >= 0.3 is 0 Å². The highest BCUT2D eigenvalue weighted by atomic mass is 79.9. The van der Waals surface area contributed by atoms with Crippen molar-refractivity contribution < 1.29 is 56.8 Å². The summed E-state index contributed by atoms with van der Waals surface area (Å²) in [5.74, 6) is 0. The van der Waals surface area contributed by atoms with E-state index in [1.807, 2.05) is 0 Å². The molecule has 7 aromatic rings. The van der Waals surface area contributed by atoms with Gasteiger partial charge in [0.2, 0.25) is 0 Å². The van der Waals surface area contributed by atoms with Crippen molar-refractivity contribution in [1.82, 2.24) is 0 Å². The van der Waals surface area contributed by atoms with E-state index in [0.29, 0.717) is 77.0 Å². The third-order valence-corrected chi connectivity index (χ3v) is 20.2. The molecule has 0 unspecified atom stereocenters. The van der Waals surface area contributed by atoms with E-state index in [4.69, 9.17) is 56.8 Å². The normalized spacial score (nSPS) is 24.9. The third-order valence-electron chi connectivity index (χ3n) is 18.6. The zero-order valence-electron chi connectivity index (χ0n) is 50.8. The van der Waals surface area contributed by atoms with Gasteiger partial charge in [0, 0.05) is 56.1 Å². The first kappa shape index (κ1) is 65.5. The summed E-state index contributed by atoms with van der Waals surface area (Å²) in [5, 5.41) is 0. The topological polar surface area (TPSA) is 111 Å². The first-order valence-corrected chi connectivity index (χ1v) is 32.2. The van der Waals surface area contributed by atoms with Gasteiger partial charge in [-0.2, -0.15) is 0 Å². The zero-order valence-corrected chi connectivity index (χ0v) is 55.6. The number of hydrogen-bond acceptors (Lipinski definition) is 12. The second-order valence-electron chi connectivity index (χ2n) is 23.3. The van der Waals surface area contributed by atoms with E-state index in [0.717, 1.165) is 80.2 Å². The Bertz CT molecular complexity index is 2900. The average Bonchev–Trinajstić information content (AvgIpc) is 0.908. The van der Waals surface area contributed by atoms with Gasteiger partial charge in [-0.25, -0.2) is 0 Å². The highest BCUT2D eigenvalue weighted by Crippen LogP contribution is 2.57. The van der Waals surface area contributed by atoms with Crippen molar-refractivity contribution >= 4 is 47.8 Å². The molecule has 15 heteroatoms. The van der Waals surface area contributed by atoms with Crippen molar-refractivity contribution in [2.45, 2.75) is 111 Å². The van der Waals surface area contributed by atoms with E-state index >= 15 is 0 Å². The van der Waals surface area contributed by atoms with Crippen LogP contribution in [0.5, 0.6) is 0 Å². The SMILES string of the molecule is COCOC1(c2ccc(-c3ccc(Br)cc3)cc2)CCC(OCOC)(c2cc(C3(OCOC)CCC(OCOC)(c4ccc(-c5ccc(Br)cc5)cc4)CC3)cc(C3(OCOC)CCC(OCOC)(c4ccc(-c5ccc(Br)cc5)cc4)CC3)c2)CC1. The number of benzene rings is 7. The molecule has 0 saturated heterocycles. The van der Waals surface area contributed by atoms with Crippen molar-refractivity contribution in [3.8, 4) is 33.4 Å². The van der Waals surface area contributed by atoms with Gasteiger partial charge in [0.15, 0.2) is 0 Å². The summed E-state index contributed by atoms with van der Waals surface area (Å²) in [6.07, 6.45) is 7.40. The van der Waals surface area contributed by atoms with Gasteiger partial charge in [0.05, 0.1) is 33.6 Å². The fourth-order valence-electron chi connectivity index (χ4n) is 13.5. The fraction of sp³-hybridized carbons (Fsp3) is 0.417. The summed E-state index contributed by atoms with van der Waals surface area (Å²) in [6, 6.07) is 58.5. The summed E-state index contributed by atoms with van der Waals surface area (Å²) in [7, 11) is 10.1. The van der Waals surface area contributed by atoms with Crippen LogP contribution in [0.3, 0.4) is 0 Å². The zero-order chi connectivity index (χ0) is 61.0. The summed E-state index contributed by atoms with van der Waals surface area (Å²) in [5.41, 5.74) is 8.54. The molecule has 0 atom stereocenters. The molecule has 3 aliphatic rings. The second-order valence-corrected chi connectivity index (χ2v) is 26.1. The van der Waals surface area contributed by atoms with Crippen LogP contribution < -0.4 is 0 Å². The first-order chi connectivity index (χ1) is 42.3. The molecule has 0 radical (unpaired) electrons. The van der Waals surface area contributed by atoms with Gasteiger partial charge in [0.1, 0.15) is 40.8 Å². The molecule has 0 bridgehead atoms. The van der Waals surface area contributed by atoms with E-state index < -0.39 is 33.6 Å². The predicted octanol–water partition coefficient (Wildman–Crippen LogP) is 17.7. The Hall–Kier alpha value is -4.50. The monoisotopic (exact) mass is 1370 g/mol. The number of halogens is 3. The van der Waals surface area contributed by atoms with E-state index in [2.05, 4.69) is 212 Å². The number of hydrogen-bond donors (Lipinski definition) is 0. The lowest BCUT2D eigenvalue weighted by Gasteiger charge is -2.49. The number of ether oxygens (including phenoxy) is 12. The van der Waals surface area contributed by atoms with E-state index in [1.54, 1.807) is 42.7 Å². The van der Waals surface area contributed by atoms with E-state index in [9.17, 15) is 0 Å². The van der Waals surface area contributed by atoms with E-state index in [-0.39, 0.29) is 40.8 Å². The van der Waals surface area contributed by atoms with E-state index in [1.165, 1.54) is 0 Å². The summed E-state index contributed by atoms with van der Waals surface area (Å²) in [4.78, 5) is 0. The van der Waals surface area contributed by atoms with Crippen LogP contribution >= 0.6 is 47.8 Å². The predicted molar refractivity (Wildman–Crippen MR) is 348 cm³/mol. The van der Waals surface area contributed by atoms with Crippen LogP contribution in [0.2, 0.25) is 0 Å². The lowest BCUT2D eigenvalue weighted by molar-refractivity contribution is -0.207. The molecule has 10 rings (SSSR count). The van der Waals surface area contributed by atoms with Gasteiger partial charge < -0.3 is 56.8 Å². The van der Waals surface area contributed by atoms with Crippen molar-refractivity contribution in [2.75, 3.05) is 83.4 Å². The van der Waals surface area contributed by atoms with Gasteiger partial charge in [-0.05, 0) is 180 Å². The maximum atomic E-state index is 7.19. The van der Waals surface area contributed by atoms with Gasteiger partial charge in [-0.1, -0.05) is 175 Å². The molecule has 7 aromatic carbocycles. The lowest BCUT2D eigenvalue weighted by Crippen LogP contribution is -2.46. The lowest BCUT2D eigenvalue weighted by atomic mass is 9.65. The fourth-order valence-corrected chi connectivity index (χ4v) is 14.3. The summed E-state index contributed by atoms with van der Waals surface area (Å²) in [6.45, 7) is 0.621. The van der Waals surface area contributed by atoms with Crippen molar-refractivity contribution in [1.29, 1.82) is 0 Å². The van der Waals surface area contributed by atoms with Crippen LogP contribution in [0, 0.1) is 0 Å². The molecule has 462 valence electrons. The van der Waals surface area contributed by atoms with Gasteiger partial charge in [0.25, 0.3) is 0 Å². The maximum Gasteiger partial charge on any atom is 0.147 e. The molecule has 0 heterocycles. The summed E-state index contributed by atoms with van der Waals surface area (Å²) >= 11 is 10.8. The molecule has 0 amide bonds. The third kappa shape index (κ3) is 14.7. The van der Waals surface area contributed by atoms with Crippen molar-refractivity contribution in [3.05, 3.63) is 211 Å². The van der Waals surface area contributed by atoms with Crippen LogP contribution in [-0.4, -0.2) is 83.4 Å². The van der Waals surface area contributed by atoms with Crippen molar-refractivity contribution in [3.63, 3.8) is 0 Å². The minimum absolute atomic E-state index is 0.0734. The Kier molecular flexibility index (Phi) is 22.3. The van der Waals surface area contributed by atoms with Crippen molar-refractivity contribution in [2.24, 2.45) is 0 Å². The minimum atomic E-state index is -0.837. The molecule has 3 fully saturated rings. The molecule has 3 aliphatic carbocycles. The molecule has 0 aliphatic heterocycles. The van der Waals surface area contributed by atoms with Gasteiger partial charge in [-0.3, -0.25) is 0 Å². The summed E-state index contributed by atoms with van der Waals surface area (Å²) < 4.78 is 79.8. The number of methoxy groups -OCH3 is 6. The van der Waals surface area contributed by atoms with Crippen LogP contribution in [0.4, 0.5) is 0 Å². The quantitative estimate of drug-likeness (QED) is 0.0457. The van der Waals surface area contributed by atoms with Crippen LogP contribution in [0.1, 0.15) is 110 Å². The Labute approximate surface area is 539 Å². The molecule has 87 heavy (non-hydrogen) atoms. The Morgan fingerprint density at radius 2 is 0.379 bits per heavy atom. The smallest absolute Gasteiger partial charge is 0.147 e. The Morgan fingerprint density at radius 1 is 0.230 bits per heavy atom. The molecule has 0 aromatic heterocycles. The highest BCUT2D eigenvalue weighted by Gasteiger charge is 2.52. The molecular formula is C72H81Br3O12. The Balaban J connectivity index is 1.07. The maximum absolute atomic E-state index is 7.19. The average molecular weight is 1380 g/mol. The standard InChI is InChI=1S/C72H81Br3O12/c1-76-46-82-67(58-19-7-52(8-20-58)55-13-25-64(73)26-14-55)31-37-70(38-32-67,85-49-79-4)61-43-62(71(86-50-80-5)39-33-68(34-40-71,83-47-77-2)59-21-9-53(10-22-59)56-15-27-65(74)28-16-56)45-63(44-61)72(87-51-81-6)41-35-69(36-42-72,84-48-78-3)60-23-11-54(12-24-60)57-17-29-66(75)30-18-57/h7-30,43-45H,31-42,46-51H2,1-6H3. The number of rotatable bonds is 27. The molecule has 3 saturated carbocycles. The second kappa shape index (κ2) is 29.6. The molecule has 0 spiro atoms. The first-order valence-electron chi connectivity index (χ1n) is 29.9. The Morgan fingerprint density at radius 3 is 0.540 bits per heavy atom. The minimum Gasteiger partial charge on any atom is -0.359 e. The van der Waals surface area contributed by atoms with Crippen LogP contribution in [-0.2, 0) is 90.4 Å². The van der Waals surface area contributed by atoms with Gasteiger partial charge in [-0.15, -0.1) is 0 Å². The highest BCUT2D eigenvalue weighted by molar-refractivity contribution is 9.11. The largest absolute Gasteiger partial charge is 0.359 e. The van der Waals surface area contributed by atoms with Crippen LogP contribution in [0.15, 0.2) is 177 Å². The molecule has 12 nitrogen and oxygen atoms in total. The molecule has 0 N–H and O–H groups in total. The molecular weight excluding hydrogens is 1300 g/mol.